The summed E-state index contributed by atoms with van der Waals surface area (Å²) in [5, 5.41) is 4.79. The van der Waals surface area contributed by atoms with E-state index in [0.717, 1.165) is 6.07 Å². The van der Waals surface area contributed by atoms with E-state index in [1.165, 1.54) is 24.6 Å². The summed E-state index contributed by atoms with van der Waals surface area (Å²) in [7, 11) is 1.25. The predicted octanol–water partition coefficient (Wildman–Crippen LogP) is 3.06. The zero-order chi connectivity index (χ0) is 23.6. The lowest BCUT2D eigenvalue weighted by molar-refractivity contribution is -0.152. The summed E-state index contributed by atoms with van der Waals surface area (Å²) in [6.45, 7) is 1.40. The fourth-order valence-corrected chi connectivity index (χ4v) is 4.87. The highest BCUT2D eigenvalue weighted by molar-refractivity contribution is 5.98. The number of aromatic nitrogens is 1. The van der Waals surface area contributed by atoms with Gasteiger partial charge in [0, 0.05) is 43.1 Å². The Morgan fingerprint density at radius 2 is 1.88 bits per heavy atom. The molecule has 4 N–H and O–H groups in total. The molecule has 1 saturated carbocycles. The smallest absolute Gasteiger partial charge is 0.265 e. The van der Waals surface area contributed by atoms with Crippen molar-refractivity contribution in [2.45, 2.75) is 50.4 Å². The van der Waals surface area contributed by atoms with Crippen molar-refractivity contribution in [1.82, 2.24) is 9.88 Å². The molecule has 0 bridgehead atoms. The Labute approximate surface area is 180 Å². The first kappa shape index (κ1) is 22.1. The Morgan fingerprint density at radius 3 is 2.44 bits per heavy atom. The molecule has 1 fully saturated rings. The molecule has 11 heteroatoms. The summed E-state index contributed by atoms with van der Waals surface area (Å²) in [6, 6.07) is 2.04. The van der Waals surface area contributed by atoms with Gasteiger partial charge in [-0.15, -0.1) is 0 Å². The molecule has 1 aliphatic carbocycles. The van der Waals surface area contributed by atoms with E-state index in [9.17, 15) is 31.5 Å². The van der Waals surface area contributed by atoms with E-state index >= 15 is 0 Å². The normalized spacial score (nSPS) is 20.4. The molecular formula is C21H21F5N4O2. The molecular weight excluding hydrogens is 435 g/mol. The number of primary amides is 1. The molecule has 1 aromatic carbocycles. The average molecular weight is 456 g/mol. The van der Waals surface area contributed by atoms with E-state index in [-0.39, 0.29) is 29.8 Å². The third-order valence-electron chi connectivity index (χ3n) is 6.15. The molecule has 2 aliphatic rings. The predicted molar refractivity (Wildman–Crippen MR) is 106 cm³/mol. The number of fused-ring (bicyclic) bond motifs is 1. The first-order chi connectivity index (χ1) is 14.9. The fraction of sp³-hybridized carbons (Fsp3) is 0.429. The van der Waals surface area contributed by atoms with Crippen LogP contribution in [0.25, 0.3) is 11.1 Å². The number of anilines is 1. The second kappa shape index (κ2) is 7.21. The van der Waals surface area contributed by atoms with Crippen LogP contribution in [-0.2, 0) is 17.8 Å². The summed E-state index contributed by atoms with van der Waals surface area (Å²) in [5.41, 5.74) is 4.06. The van der Waals surface area contributed by atoms with Crippen molar-refractivity contribution in [3.05, 3.63) is 40.7 Å². The standard InChI is InChI=1S/C21H21F5N4O2/c1-9-14(13-5-10(22)6-30(13)17(9)18(27)31)11-3-4-12(23)15(24)16(11)29-20(19(32)28-2)7-21(25,26)8-20/h3-4,10,29H,5-8H2,1-2H3,(H2,27,31)(H,28,32)/t10-/m1/s1. The van der Waals surface area contributed by atoms with Crippen molar-refractivity contribution < 1.29 is 31.5 Å². The maximum Gasteiger partial charge on any atom is 0.265 e. The van der Waals surface area contributed by atoms with Gasteiger partial charge in [-0.25, -0.2) is 22.0 Å². The molecule has 2 aromatic rings. The third kappa shape index (κ3) is 3.21. The maximum absolute atomic E-state index is 15.0. The summed E-state index contributed by atoms with van der Waals surface area (Å²) in [4.78, 5) is 24.4. The SMILES string of the molecule is CNC(=O)C1(Nc2c(-c3c(C)c(C(N)=O)n4c3C[C@@H](F)C4)ccc(F)c2F)CC(F)(F)C1. The van der Waals surface area contributed by atoms with Crippen LogP contribution < -0.4 is 16.4 Å². The number of carbonyl (C=O) groups excluding carboxylic acids is 2. The minimum Gasteiger partial charge on any atom is -0.368 e. The highest BCUT2D eigenvalue weighted by Crippen LogP contribution is 2.50. The van der Waals surface area contributed by atoms with Crippen molar-refractivity contribution in [2.24, 2.45) is 5.73 Å². The Balaban J connectivity index is 1.91. The molecule has 1 aliphatic heterocycles. The number of nitrogens with zero attached hydrogens (tertiary/aromatic N) is 1. The topological polar surface area (TPSA) is 89.2 Å². The van der Waals surface area contributed by atoms with Crippen molar-refractivity contribution in [3.8, 4) is 11.1 Å². The molecule has 4 rings (SSSR count). The van der Waals surface area contributed by atoms with Gasteiger partial charge in [0.15, 0.2) is 11.6 Å². The maximum atomic E-state index is 15.0. The number of nitrogens with one attached hydrogen (secondary N) is 2. The first-order valence-corrected chi connectivity index (χ1v) is 9.93. The van der Waals surface area contributed by atoms with Gasteiger partial charge in [0.1, 0.15) is 17.4 Å². The minimum atomic E-state index is -3.16. The van der Waals surface area contributed by atoms with Crippen LogP contribution in [0.4, 0.5) is 27.6 Å². The van der Waals surface area contributed by atoms with E-state index < -0.39 is 59.6 Å². The number of hydrogen-bond acceptors (Lipinski definition) is 3. The molecule has 0 radical (unpaired) electrons. The lowest BCUT2D eigenvalue weighted by atomic mass is 9.72. The van der Waals surface area contributed by atoms with Gasteiger partial charge in [-0.05, 0) is 24.6 Å². The van der Waals surface area contributed by atoms with Gasteiger partial charge in [-0.2, -0.15) is 0 Å². The second-order valence-corrected chi connectivity index (χ2v) is 8.35. The molecule has 32 heavy (non-hydrogen) atoms. The Bertz CT molecular complexity index is 1140. The number of alkyl halides is 3. The molecule has 2 amide bonds. The number of likely N-dealkylation sites (N-methyl/N-ethyl adjacent to an activating group) is 1. The van der Waals surface area contributed by atoms with Crippen LogP contribution in [-0.4, -0.2) is 41.1 Å². The summed E-state index contributed by atoms with van der Waals surface area (Å²) < 4.78 is 72.2. The van der Waals surface area contributed by atoms with Gasteiger partial charge in [0.2, 0.25) is 5.91 Å². The first-order valence-electron chi connectivity index (χ1n) is 9.93. The van der Waals surface area contributed by atoms with Gasteiger partial charge in [0.25, 0.3) is 11.8 Å². The van der Waals surface area contributed by atoms with Crippen LogP contribution in [0.5, 0.6) is 0 Å². The lowest BCUT2D eigenvalue weighted by Crippen LogP contribution is -2.64. The van der Waals surface area contributed by atoms with Crippen molar-refractivity contribution in [1.29, 1.82) is 0 Å². The molecule has 172 valence electrons. The van der Waals surface area contributed by atoms with Gasteiger partial charge in [-0.3, -0.25) is 9.59 Å². The van der Waals surface area contributed by atoms with Gasteiger partial charge >= 0.3 is 0 Å². The summed E-state index contributed by atoms with van der Waals surface area (Å²) in [5.74, 6) is -7.42. The number of hydrogen-bond donors (Lipinski definition) is 3. The van der Waals surface area contributed by atoms with Crippen LogP contribution >= 0.6 is 0 Å². The zero-order valence-corrected chi connectivity index (χ0v) is 17.3. The van der Waals surface area contributed by atoms with Crippen LogP contribution in [0.3, 0.4) is 0 Å². The van der Waals surface area contributed by atoms with Crippen LogP contribution in [0, 0.1) is 18.6 Å². The lowest BCUT2D eigenvalue weighted by Gasteiger charge is -2.46. The number of halogens is 5. The zero-order valence-electron chi connectivity index (χ0n) is 17.3. The molecule has 6 nitrogen and oxygen atoms in total. The van der Waals surface area contributed by atoms with E-state index in [2.05, 4.69) is 10.6 Å². The van der Waals surface area contributed by atoms with E-state index in [4.69, 9.17) is 5.73 Å². The monoisotopic (exact) mass is 456 g/mol. The van der Waals surface area contributed by atoms with Gasteiger partial charge in [-0.1, -0.05) is 0 Å². The third-order valence-corrected chi connectivity index (χ3v) is 6.15. The number of benzene rings is 1. The van der Waals surface area contributed by atoms with Crippen LogP contribution in [0.1, 0.15) is 34.6 Å². The molecule has 0 unspecified atom stereocenters. The Kier molecular flexibility index (Phi) is 4.98. The molecule has 1 aromatic heterocycles. The summed E-state index contributed by atoms with van der Waals surface area (Å²) in [6.07, 6.45) is -3.24. The molecule has 2 heterocycles. The number of rotatable bonds is 5. The fourth-order valence-electron chi connectivity index (χ4n) is 4.87. The molecule has 1 atom stereocenters. The van der Waals surface area contributed by atoms with E-state index in [0.29, 0.717) is 11.3 Å². The minimum absolute atomic E-state index is 0.0187. The van der Waals surface area contributed by atoms with Crippen molar-refractivity contribution in [2.75, 3.05) is 12.4 Å². The van der Waals surface area contributed by atoms with Gasteiger partial charge < -0.3 is 20.9 Å². The summed E-state index contributed by atoms with van der Waals surface area (Å²) >= 11 is 0. The number of carbonyl (C=O) groups is 2. The largest absolute Gasteiger partial charge is 0.368 e. The van der Waals surface area contributed by atoms with Gasteiger partial charge in [0.05, 0.1) is 12.2 Å². The van der Waals surface area contributed by atoms with Crippen LogP contribution in [0.2, 0.25) is 0 Å². The van der Waals surface area contributed by atoms with E-state index in [1.54, 1.807) is 0 Å². The average Bonchev–Trinajstić information content (AvgIpc) is 3.16. The Hall–Kier alpha value is -3.11. The van der Waals surface area contributed by atoms with Crippen molar-refractivity contribution >= 4 is 17.5 Å². The quantitative estimate of drug-likeness (QED) is 0.605. The van der Waals surface area contributed by atoms with Crippen LogP contribution in [0.15, 0.2) is 12.1 Å². The number of nitrogens with two attached hydrogens (primary N) is 1. The number of amides is 2. The molecule has 0 spiro atoms. The van der Waals surface area contributed by atoms with Crippen molar-refractivity contribution in [3.63, 3.8) is 0 Å². The Morgan fingerprint density at radius 1 is 1.22 bits per heavy atom. The van der Waals surface area contributed by atoms with E-state index in [1.807, 2.05) is 0 Å². The second-order valence-electron chi connectivity index (χ2n) is 8.35. The highest BCUT2D eigenvalue weighted by Gasteiger charge is 2.61. The highest BCUT2D eigenvalue weighted by atomic mass is 19.3. The molecule has 0 saturated heterocycles.